The lowest BCUT2D eigenvalue weighted by Gasteiger charge is -2.28. The molecule has 0 saturated heterocycles. The molecule has 0 amide bonds. The number of rotatable bonds is 3. The third-order valence-electron chi connectivity index (χ3n) is 3.39. The second-order valence-electron chi connectivity index (χ2n) is 4.69. The summed E-state index contributed by atoms with van der Waals surface area (Å²) in [6, 6.07) is 11.4. The fraction of sp³-hybridized carbons (Fsp3) is 0.250. The summed E-state index contributed by atoms with van der Waals surface area (Å²) in [4.78, 5) is 0. The Morgan fingerprint density at radius 3 is 2.81 bits per heavy atom. The highest BCUT2D eigenvalue weighted by Crippen LogP contribution is 2.45. The molecular formula is C16H16ClNO3. The van der Waals surface area contributed by atoms with E-state index in [2.05, 4.69) is 5.32 Å². The van der Waals surface area contributed by atoms with Crippen molar-refractivity contribution in [2.24, 2.45) is 0 Å². The number of benzene rings is 2. The minimum Gasteiger partial charge on any atom is -0.496 e. The second-order valence-corrected chi connectivity index (χ2v) is 5.12. The molecule has 1 aliphatic heterocycles. The van der Waals surface area contributed by atoms with E-state index < -0.39 is 0 Å². The van der Waals surface area contributed by atoms with Crippen LogP contribution in [0.15, 0.2) is 36.4 Å². The number of para-hydroxylation sites is 1. The Labute approximate surface area is 128 Å². The van der Waals surface area contributed by atoms with Crippen molar-refractivity contribution >= 4 is 11.6 Å². The summed E-state index contributed by atoms with van der Waals surface area (Å²) in [6.45, 7) is 0.440. The van der Waals surface area contributed by atoms with Crippen molar-refractivity contribution in [3.8, 4) is 28.4 Å². The van der Waals surface area contributed by atoms with Crippen LogP contribution in [-0.2, 0) is 0 Å². The summed E-state index contributed by atoms with van der Waals surface area (Å²) >= 11 is 6.21. The largest absolute Gasteiger partial charge is 0.496 e. The molecule has 1 aliphatic rings. The molecule has 1 atom stereocenters. The van der Waals surface area contributed by atoms with Crippen molar-refractivity contribution in [2.75, 3.05) is 20.8 Å². The van der Waals surface area contributed by atoms with E-state index in [1.807, 2.05) is 37.4 Å². The van der Waals surface area contributed by atoms with Crippen LogP contribution in [0.2, 0.25) is 5.02 Å². The first-order valence-corrected chi connectivity index (χ1v) is 7.04. The summed E-state index contributed by atoms with van der Waals surface area (Å²) in [6.07, 6.45) is -0.188. The molecule has 0 bridgehead atoms. The standard InChI is InChI=1S/C16H16ClNO3/c1-18-15-9-20-14-8-10(17)7-12(16(14)21-15)11-5-3-4-6-13(11)19-2/h3-8,15,18H,9H2,1-2H3/t15-/m0/s1. The first-order valence-electron chi connectivity index (χ1n) is 6.66. The highest BCUT2D eigenvalue weighted by molar-refractivity contribution is 6.31. The molecule has 0 aromatic heterocycles. The average molecular weight is 306 g/mol. The van der Waals surface area contributed by atoms with Crippen molar-refractivity contribution in [3.05, 3.63) is 41.4 Å². The van der Waals surface area contributed by atoms with Gasteiger partial charge in [-0.1, -0.05) is 29.8 Å². The van der Waals surface area contributed by atoms with Gasteiger partial charge < -0.3 is 14.2 Å². The molecule has 0 radical (unpaired) electrons. The fourth-order valence-electron chi connectivity index (χ4n) is 2.35. The van der Waals surface area contributed by atoms with Crippen LogP contribution in [0.4, 0.5) is 0 Å². The van der Waals surface area contributed by atoms with E-state index >= 15 is 0 Å². The summed E-state index contributed by atoms with van der Waals surface area (Å²) in [7, 11) is 3.47. The van der Waals surface area contributed by atoms with Gasteiger partial charge in [0, 0.05) is 22.2 Å². The van der Waals surface area contributed by atoms with E-state index in [1.165, 1.54) is 0 Å². The quantitative estimate of drug-likeness (QED) is 0.944. The van der Waals surface area contributed by atoms with Crippen molar-refractivity contribution in [1.82, 2.24) is 5.32 Å². The summed E-state index contributed by atoms with van der Waals surface area (Å²) in [5.74, 6) is 2.08. The van der Waals surface area contributed by atoms with Gasteiger partial charge in [-0.05, 0) is 19.2 Å². The van der Waals surface area contributed by atoms with Gasteiger partial charge in [0.15, 0.2) is 17.7 Å². The molecule has 5 heteroatoms. The van der Waals surface area contributed by atoms with Crippen LogP contribution in [0.5, 0.6) is 17.2 Å². The summed E-state index contributed by atoms with van der Waals surface area (Å²) in [5, 5.41) is 3.65. The first-order chi connectivity index (χ1) is 10.2. The SMILES string of the molecule is CN[C@@H]1COc2cc(Cl)cc(-c3ccccc3OC)c2O1. The maximum Gasteiger partial charge on any atom is 0.184 e. The third kappa shape index (κ3) is 2.64. The Bertz CT molecular complexity index is 660. The van der Waals surface area contributed by atoms with Gasteiger partial charge in [-0.3, -0.25) is 5.32 Å². The van der Waals surface area contributed by atoms with Gasteiger partial charge in [-0.25, -0.2) is 0 Å². The number of ether oxygens (including phenoxy) is 3. The lowest BCUT2D eigenvalue weighted by atomic mass is 10.0. The molecule has 1 N–H and O–H groups in total. The number of fused-ring (bicyclic) bond motifs is 1. The molecule has 110 valence electrons. The summed E-state index contributed by atoms with van der Waals surface area (Å²) < 4.78 is 17.1. The molecular weight excluding hydrogens is 290 g/mol. The minimum absolute atomic E-state index is 0.188. The van der Waals surface area contributed by atoms with E-state index in [0.717, 1.165) is 16.9 Å². The van der Waals surface area contributed by atoms with Crippen LogP contribution in [0, 0.1) is 0 Å². The second kappa shape index (κ2) is 5.84. The topological polar surface area (TPSA) is 39.7 Å². The molecule has 2 aromatic rings. The maximum absolute atomic E-state index is 6.21. The van der Waals surface area contributed by atoms with Gasteiger partial charge in [0.2, 0.25) is 0 Å². The smallest absolute Gasteiger partial charge is 0.184 e. The Kier molecular flexibility index (Phi) is 3.90. The third-order valence-corrected chi connectivity index (χ3v) is 3.61. The zero-order valence-electron chi connectivity index (χ0n) is 11.9. The van der Waals surface area contributed by atoms with Crippen molar-refractivity contribution in [1.29, 1.82) is 0 Å². The maximum atomic E-state index is 6.21. The van der Waals surface area contributed by atoms with Gasteiger partial charge >= 0.3 is 0 Å². The molecule has 0 unspecified atom stereocenters. The number of hydrogen-bond donors (Lipinski definition) is 1. The molecule has 2 aromatic carbocycles. The lowest BCUT2D eigenvalue weighted by Crippen LogP contribution is -2.39. The lowest BCUT2D eigenvalue weighted by molar-refractivity contribution is 0.0733. The van der Waals surface area contributed by atoms with E-state index in [4.69, 9.17) is 25.8 Å². The van der Waals surface area contributed by atoms with Crippen molar-refractivity contribution in [2.45, 2.75) is 6.23 Å². The van der Waals surface area contributed by atoms with E-state index in [1.54, 1.807) is 13.2 Å². The molecule has 0 fully saturated rings. The highest BCUT2D eigenvalue weighted by atomic mass is 35.5. The Balaban J connectivity index is 2.16. The van der Waals surface area contributed by atoms with Gasteiger partial charge in [-0.2, -0.15) is 0 Å². The van der Waals surface area contributed by atoms with E-state index in [0.29, 0.717) is 23.1 Å². The summed E-state index contributed by atoms with van der Waals surface area (Å²) in [5.41, 5.74) is 1.77. The van der Waals surface area contributed by atoms with Gasteiger partial charge in [-0.15, -0.1) is 0 Å². The van der Waals surface area contributed by atoms with Crippen molar-refractivity contribution in [3.63, 3.8) is 0 Å². The predicted octanol–water partition coefficient (Wildman–Crippen LogP) is 3.33. The Hall–Kier alpha value is -1.91. The van der Waals surface area contributed by atoms with Crippen LogP contribution >= 0.6 is 11.6 Å². The Morgan fingerprint density at radius 2 is 2.05 bits per heavy atom. The normalized spacial score (nSPS) is 16.6. The Morgan fingerprint density at radius 1 is 1.24 bits per heavy atom. The molecule has 0 saturated carbocycles. The number of nitrogens with one attached hydrogen (secondary N) is 1. The van der Waals surface area contributed by atoms with Gasteiger partial charge in [0.25, 0.3) is 0 Å². The van der Waals surface area contributed by atoms with Crippen LogP contribution < -0.4 is 19.5 Å². The molecule has 1 heterocycles. The number of methoxy groups -OCH3 is 1. The van der Waals surface area contributed by atoms with Gasteiger partial charge in [0.1, 0.15) is 12.4 Å². The molecule has 21 heavy (non-hydrogen) atoms. The minimum atomic E-state index is -0.188. The van der Waals surface area contributed by atoms with Gasteiger partial charge in [0.05, 0.1) is 7.11 Å². The monoisotopic (exact) mass is 305 g/mol. The van der Waals surface area contributed by atoms with Crippen LogP contribution in [0.1, 0.15) is 0 Å². The number of halogens is 1. The molecule has 4 nitrogen and oxygen atoms in total. The molecule has 3 rings (SSSR count). The highest BCUT2D eigenvalue weighted by Gasteiger charge is 2.25. The number of likely N-dealkylation sites (N-methyl/N-ethyl adjacent to an activating group) is 1. The fourth-order valence-corrected chi connectivity index (χ4v) is 2.56. The van der Waals surface area contributed by atoms with E-state index in [-0.39, 0.29) is 6.23 Å². The zero-order valence-corrected chi connectivity index (χ0v) is 12.6. The van der Waals surface area contributed by atoms with Crippen LogP contribution in [0.3, 0.4) is 0 Å². The van der Waals surface area contributed by atoms with E-state index in [9.17, 15) is 0 Å². The van der Waals surface area contributed by atoms with Crippen molar-refractivity contribution < 1.29 is 14.2 Å². The average Bonchev–Trinajstić information content (AvgIpc) is 2.53. The predicted molar refractivity (Wildman–Crippen MR) is 82.4 cm³/mol. The first kappa shape index (κ1) is 14.0. The number of hydrogen-bond acceptors (Lipinski definition) is 4. The van der Waals surface area contributed by atoms with Crippen LogP contribution in [0.25, 0.3) is 11.1 Å². The van der Waals surface area contributed by atoms with Crippen LogP contribution in [-0.4, -0.2) is 27.0 Å². The zero-order chi connectivity index (χ0) is 14.8. The molecule has 0 aliphatic carbocycles. The molecule has 0 spiro atoms.